The molecule has 0 amide bonds. The van der Waals surface area contributed by atoms with Gasteiger partial charge in [-0.1, -0.05) is 0 Å². The van der Waals surface area contributed by atoms with Crippen LogP contribution in [-0.2, 0) is 18.4 Å². The van der Waals surface area contributed by atoms with Gasteiger partial charge < -0.3 is 4.52 Å². The second kappa shape index (κ2) is 6.94. The van der Waals surface area contributed by atoms with Crippen LogP contribution in [0.1, 0.15) is 41.5 Å². The van der Waals surface area contributed by atoms with Gasteiger partial charge in [-0.2, -0.15) is 9.37 Å². The third-order valence-electron chi connectivity index (χ3n) is 2.20. The molecule has 138 valence electrons. The van der Waals surface area contributed by atoms with Crippen molar-refractivity contribution in [2.24, 2.45) is 9.03 Å². The van der Waals surface area contributed by atoms with E-state index in [-0.39, 0.29) is 0 Å². The molecule has 5 N–H and O–H groups in total. The summed E-state index contributed by atoms with van der Waals surface area (Å²) in [5.74, 6) is 0. The zero-order chi connectivity index (χ0) is 18.2. The minimum absolute atomic E-state index is 0.473. The Bertz CT molecular complexity index is 567. The lowest BCUT2D eigenvalue weighted by Crippen LogP contribution is -2.47. The summed E-state index contributed by atoms with van der Waals surface area (Å²) in [7, 11) is -9.68. The summed E-state index contributed by atoms with van der Waals surface area (Å²) >= 11 is 0. The third kappa shape index (κ3) is 5.99. The second-order valence-electron chi connectivity index (χ2n) is 6.99. The van der Waals surface area contributed by atoms with Gasteiger partial charge in [-0.05, 0) is 41.5 Å². The first-order valence-electron chi connectivity index (χ1n) is 6.70. The number of hydrogen-bond donors (Lipinski definition) is 5. The van der Waals surface area contributed by atoms with E-state index in [0.717, 1.165) is 0 Å². The summed E-state index contributed by atoms with van der Waals surface area (Å²) in [5.41, 5.74) is -0.946. The highest BCUT2D eigenvalue weighted by molar-refractivity contribution is 7.82. The lowest BCUT2D eigenvalue weighted by atomic mass is 10.1. The Hall–Kier alpha value is 0.370. The molecule has 0 aliphatic carbocycles. The second-order valence-corrected chi connectivity index (χ2v) is 13.7. The normalized spacial score (nSPS) is 27.2. The van der Waals surface area contributed by atoms with Gasteiger partial charge in [0.2, 0.25) is 0 Å². The number of rotatable bonds is 5. The largest absolute Gasteiger partial charge is 0.402 e. The zero-order valence-electron chi connectivity index (χ0n) is 14.3. The molecule has 0 aromatic heterocycles. The van der Waals surface area contributed by atoms with Crippen molar-refractivity contribution in [3.8, 4) is 0 Å². The summed E-state index contributed by atoms with van der Waals surface area (Å²) < 4.78 is 33.9. The quantitative estimate of drug-likeness (QED) is 0.266. The first kappa shape index (κ1) is 21.4. The summed E-state index contributed by atoms with van der Waals surface area (Å²) in [4.78, 5) is 2.76. The summed E-state index contributed by atoms with van der Waals surface area (Å²) in [6, 6.07) is 0. The van der Waals surface area contributed by atoms with Crippen LogP contribution in [0.25, 0.3) is 0 Å². The molecule has 1 rings (SSSR count). The summed E-state index contributed by atoms with van der Waals surface area (Å²) in [6.07, 6.45) is 0. The van der Waals surface area contributed by atoms with Gasteiger partial charge in [0.25, 0.3) is 0 Å². The number of nitrogens with zero attached hydrogens (tertiary/aromatic N) is 2. The molecule has 0 saturated heterocycles. The molecule has 23 heavy (non-hydrogen) atoms. The molecule has 0 bridgehead atoms. The third-order valence-corrected chi connectivity index (χ3v) is 11.1. The Labute approximate surface area is 136 Å². The van der Waals surface area contributed by atoms with Crippen LogP contribution in [0.3, 0.4) is 0 Å². The topological polar surface area (TPSA) is 146 Å². The molecule has 0 aromatic carbocycles. The zero-order valence-corrected chi connectivity index (χ0v) is 16.9. The van der Waals surface area contributed by atoms with Crippen molar-refractivity contribution in [3.63, 3.8) is 0 Å². The van der Waals surface area contributed by atoms with Gasteiger partial charge in [0.1, 0.15) is 0 Å². The summed E-state index contributed by atoms with van der Waals surface area (Å²) in [6.45, 7) is 11.2. The van der Waals surface area contributed by atoms with E-state index in [1.54, 1.807) is 0 Å². The highest BCUT2D eigenvalue weighted by Gasteiger charge is 2.46. The Morgan fingerprint density at radius 2 is 1.39 bits per heavy atom. The van der Waals surface area contributed by atoms with E-state index >= 15 is 0 Å². The van der Waals surface area contributed by atoms with Crippen LogP contribution in [0.5, 0.6) is 0 Å². The van der Waals surface area contributed by atoms with E-state index in [2.05, 4.69) is 33.4 Å². The fourth-order valence-electron chi connectivity index (χ4n) is 1.81. The summed E-state index contributed by atoms with van der Waals surface area (Å²) in [5, 5.41) is 24.7. The average molecular weight is 393 g/mol. The van der Waals surface area contributed by atoms with Crippen molar-refractivity contribution >= 4 is 22.8 Å². The van der Waals surface area contributed by atoms with Gasteiger partial charge in [0, 0.05) is 18.2 Å². The molecular weight excluding hydrogens is 367 g/mol. The van der Waals surface area contributed by atoms with Crippen molar-refractivity contribution < 1.29 is 29.0 Å². The van der Waals surface area contributed by atoms with Crippen LogP contribution in [0, 0.1) is 0 Å². The fraction of sp³-hybridized carbons (Fsp3) is 1.00. The maximum Gasteiger partial charge on any atom is 0.402 e. The molecule has 0 aromatic rings. The van der Waals surface area contributed by atoms with Crippen LogP contribution >= 0.6 is 22.8 Å². The average Bonchev–Trinajstić information content (AvgIpc) is 2.33. The molecule has 1 unspecified atom stereocenters. The highest BCUT2D eigenvalue weighted by atomic mass is 31.3. The van der Waals surface area contributed by atoms with Gasteiger partial charge in [0.05, 0.1) is 0 Å². The molecular formula is C9H26N5O6P3. The van der Waals surface area contributed by atoms with Crippen molar-refractivity contribution in [2.75, 3.05) is 7.11 Å². The van der Waals surface area contributed by atoms with Crippen LogP contribution in [0.15, 0.2) is 9.03 Å². The van der Waals surface area contributed by atoms with Crippen molar-refractivity contribution in [3.05, 3.63) is 0 Å². The van der Waals surface area contributed by atoms with E-state index in [0.29, 0.717) is 0 Å². The highest BCUT2D eigenvalue weighted by Crippen LogP contribution is 2.73. The molecule has 1 aliphatic rings. The minimum Gasteiger partial charge on any atom is -0.304 e. The Morgan fingerprint density at radius 3 is 1.70 bits per heavy atom. The van der Waals surface area contributed by atoms with E-state index in [9.17, 15) is 4.57 Å². The van der Waals surface area contributed by atoms with E-state index in [1.807, 2.05) is 41.5 Å². The molecule has 1 atom stereocenters. The lowest BCUT2D eigenvalue weighted by molar-refractivity contribution is -0.199. The first-order chi connectivity index (χ1) is 10.2. The monoisotopic (exact) mass is 393 g/mol. The van der Waals surface area contributed by atoms with Gasteiger partial charge in [0.15, 0.2) is 7.51 Å². The van der Waals surface area contributed by atoms with Crippen LogP contribution in [0.4, 0.5) is 0 Å². The molecule has 11 nitrogen and oxygen atoms in total. The van der Waals surface area contributed by atoms with Crippen molar-refractivity contribution in [1.82, 2.24) is 15.0 Å². The van der Waals surface area contributed by atoms with Crippen molar-refractivity contribution in [1.29, 1.82) is 0 Å². The molecule has 0 radical (unpaired) electrons. The molecule has 0 saturated carbocycles. The standard InChI is InChI=1S/C9H26N5O6P3/c1-8(2,3)10-21(11-9(4,5)6)12-22(17,18-7)14-23(13-21,19-15)20-16/h10-11,15-16H,1-7H3,(H,12,17). The molecule has 14 heteroatoms. The smallest absolute Gasteiger partial charge is 0.304 e. The number of nitrogens with one attached hydrogen (secondary N) is 3. The van der Waals surface area contributed by atoms with Crippen molar-refractivity contribution in [2.45, 2.75) is 52.6 Å². The van der Waals surface area contributed by atoms with Crippen LogP contribution < -0.4 is 15.0 Å². The Kier molecular flexibility index (Phi) is 6.46. The molecule has 0 fully saturated rings. The van der Waals surface area contributed by atoms with Gasteiger partial charge in [-0.25, -0.2) is 15.1 Å². The van der Waals surface area contributed by atoms with Gasteiger partial charge >= 0.3 is 15.3 Å². The van der Waals surface area contributed by atoms with Crippen LogP contribution in [0.2, 0.25) is 0 Å². The maximum absolute atomic E-state index is 12.8. The van der Waals surface area contributed by atoms with Crippen LogP contribution in [-0.4, -0.2) is 28.7 Å². The predicted molar refractivity (Wildman–Crippen MR) is 89.7 cm³/mol. The lowest BCUT2D eigenvalue weighted by Gasteiger charge is -2.41. The molecule has 1 heterocycles. The number of hydrogen-bond acceptors (Lipinski definition) is 9. The predicted octanol–water partition coefficient (Wildman–Crippen LogP) is 3.99. The van der Waals surface area contributed by atoms with E-state index in [1.165, 1.54) is 7.11 Å². The SMILES string of the molecule is COP1(=O)N=P(OO)(OO)N=P(NC(C)(C)C)(NC(C)(C)C)N1. The fourth-order valence-corrected chi connectivity index (χ4v) is 11.3. The Morgan fingerprint density at radius 1 is 0.957 bits per heavy atom. The van der Waals surface area contributed by atoms with E-state index in [4.69, 9.17) is 15.0 Å². The molecule has 0 spiro atoms. The molecule has 1 aliphatic heterocycles. The first-order valence-corrected chi connectivity index (χ1v) is 11.5. The van der Waals surface area contributed by atoms with E-state index < -0.39 is 33.9 Å². The van der Waals surface area contributed by atoms with Gasteiger partial charge in [-0.15, -0.1) is 13.9 Å². The van der Waals surface area contributed by atoms with Gasteiger partial charge in [-0.3, -0.25) is 10.2 Å². The minimum atomic E-state index is -3.95. The maximum atomic E-state index is 12.8. The Balaban J connectivity index is 3.63.